The van der Waals surface area contributed by atoms with Gasteiger partial charge in [-0.2, -0.15) is 0 Å². The Bertz CT molecular complexity index is 692. The Morgan fingerprint density at radius 3 is 2.81 bits per heavy atom. The van der Waals surface area contributed by atoms with Crippen LogP contribution in [0.4, 0.5) is 0 Å². The van der Waals surface area contributed by atoms with Gasteiger partial charge >= 0.3 is 5.97 Å². The number of aromatic carboxylic acids is 1. The molecule has 5 heteroatoms. The van der Waals surface area contributed by atoms with Crippen LogP contribution in [0.2, 0.25) is 0 Å². The van der Waals surface area contributed by atoms with Crippen LogP contribution in [0.5, 0.6) is 17.2 Å². The van der Waals surface area contributed by atoms with Crippen molar-refractivity contribution in [3.8, 4) is 17.2 Å². The minimum Gasteiger partial charge on any atom is -0.483 e. The smallest absolute Gasteiger partial charge is 0.354 e. The zero-order chi connectivity index (χ0) is 15.0. The van der Waals surface area contributed by atoms with Crippen LogP contribution >= 0.6 is 0 Å². The largest absolute Gasteiger partial charge is 0.483 e. The number of para-hydroxylation sites is 1. The molecule has 21 heavy (non-hydrogen) atoms. The highest BCUT2D eigenvalue weighted by Crippen LogP contribution is 2.43. The molecule has 2 heterocycles. The molecular formula is C16H15NO4. The Balaban J connectivity index is 1.87. The summed E-state index contributed by atoms with van der Waals surface area (Å²) in [6.45, 7) is 4.06. The lowest BCUT2D eigenvalue weighted by atomic mass is 10.0. The number of hydrogen-bond donors (Lipinski definition) is 1. The fraction of sp³-hybridized carbons (Fsp3) is 0.250. The molecule has 1 aromatic carbocycles. The third kappa shape index (κ3) is 2.67. The number of aromatic nitrogens is 1. The van der Waals surface area contributed by atoms with Gasteiger partial charge in [-0.05, 0) is 32.0 Å². The molecule has 0 saturated carbocycles. The van der Waals surface area contributed by atoms with Crippen molar-refractivity contribution in [1.29, 1.82) is 0 Å². The summed E-state index contributed by atoms with van der Waals surface area (Å²) in [5, 5.41) is 8.83. The van der Waals surface area contributed by atoms with Crippen molar-refractivity contribution in [3.63, 3.8) is 0 Å². The summed E-state index contributed by atoms with van der Waals surface area (Å²) in [6.07, 6.45) is 2.22. The molecule has 1 aromatic heterocycles. The highest BCUT2D eigenvalue weighted by Gasteiger charge is 2.32. The highest BCUT2D eigenvalue weighted by molar-refractivity contribution is 5.85. The van der Waals surface area contributed by atoms with Crippen LogP contribution < -0.4 is 9.47 Å². The lowest BCUT2D eigenvalue weighted by molar-refractivity contribution is 0.0690. The van der Waals surface area contributed by atoms with Crippen molar-refractivity contribution >= 4 is 5.97 Å². The summed E-state index contributed by atoms with van der Waals surface area (Å²) in [5.74, 6) is 0.765. The lowest BCUT2D eigenvalue weighted by Gasteiger charge is -2.18. The number of nitrogens with zero attached hydrogens (tertiary/aromatic N) is 1. The average molecular weight is 285 g/mol. The number of pyridine rings is 1. The highest BCUT2D eigenvalue weighted by atomic mass is 16.5. The van der Waals surface area contributed by atoms with Crippen molar-refractivity contribution < 1.29 is 19.4 Å². The van der Waals surface area contributed by atoms with Crippen LogP contribution in [0.25, 0.3) is 0 Å². The van der Waals surface area contributed by atoms with Crippen molar-refractivity contribution in [1.82, 2.24) is 4.98 Å². The van der Waals surface area contributed by atoms with Gasteiger partial charge in [0.05, 0.1) is 6.20 Å². The van der Waals surface area contributed by atoms with Crippen molar-refractivity contribution in [2.24, 2.45) is 0 Å². The van der Waals surface area contributed by atoms with E-state index in [1.807, 2.05) is 32.0 Å². The summed E-state index contributed by atoms with van der Waals surface area (Å²) in [4.78, 5) is 14.6. The molecule has 1 N–H and O–H groups in total. The maximum atomic E-state index is 10.8. The third-order valence-corrected chi connectivity index (χ3v) is 3.24. The number of carboxylic acid groups (broad SMARTS) is 1. The topological polar surface area (TPSA) is 68.7 Å². The summed E-state index contributed by atoms with van der Waals surface area (Å²) < 4.78 is 11.7. The van der Waals surface area contributed by atoms with E-state index >= 15 is 0 Å². The SMILES string of the molecule is CC1(C)Cc2cccc(Oc3ccc(C(=O)O)nc3)c2O1. The molecule has 0 saturated heterocycles. The number of benzene rings is 1. The average Bonchev–Trinajstić information content (AvgIpc) is 2.74. The molecule has 1 aliphatic heterocycles. The molecule has 0 amide bonds. The van der Waals surface area contributed by atoms with E-state index in [1.165, 1.54) is 12.3 Å². The number of carboxylic acids is 1. The lowest BCUT2D eigenvalue weighted by Crippen LogP contribution is -2.24. The van der Waals surface area contributed by atoms with Crippen LogP contribution in [0.1, 0.15) is 29.9 Å². The molecule has 5 nitrogen and oxygen atoms in total. The minimum absolute atomic E-state index is 0.0157. The Labute approximate surface area is 122 Å². The summed E-state index contributed by atoms with van der Waals surface area (Å²) in [6, 6.07) is 8.74. The molecule has 108 valence electrons. The first-order valence-corrected chi connectivity index (χ1v) is 6.63. The summed E-state index contributed by atoms with van der Waals surface area (Å²) in [7, 11) is 0. The van der Waals surface area contributed by atoms with Crippen LogP contribution in [0, 0.1) is 0 Å². The molecule has 0 spiro atoms. The quantitative estimate of drug-likeness (QED) is 0.937. The Morgan fingerprint density at radius 1 is 1.33 bits per heavy atom. The Kier molecular flexibility index (Phi) is 3.05. The minimum atomic E-state index is -1.06. The van der Waals surface area contributed by atoms with E-state index < -0.39 is 5.97 Å². The van der Waals surface area contributed by atoms with Crippen LogP contribution in [-0.4, -0.2) is 21.7 Å². The van der Waals surface area contributed by atoms with Crippen molar-refractivity contribution in [2.45, 2.75) is 25.9 Å². The second-order valence-corrected chi connectivity index (χ2v) is 5.57. The van der Waals surface area contributed by atoms with Crippen LogP contribution in [0.15, 0.2) is 36.5 Å². The summed E-state index contributed by atoms with van der Waals surface area (Å²) >= 11 is 0. The standard InChI is InChI=1S/C16H15NO4/c1-16(2)8-10-4-3-5-13(14(10)21-16)20-11-6-7-12(15(18)19)17-9-11/h3-7,9H,8H2,1-2H3,(H,18,19). The first-order chi connectivity index (χ1) is 9.94. The van der Waals surface area contributed by atoms with Crippen molar-refractivity contribution in [3.05, 3.63) is 47.8 Å². The number of ether oxygens (including phenoxy) is 2. The van der Waals surface area contributed by atoms with Gasteiger partial charge in [0.15, 0.2) is 11.5 Å². The maximum Gasteiger partial charge on any atom is 0.354 e. The second kappa shape index (κ2) is 4.77. The zero-order valence-corrected chi connectivity index (χ0v) is 11.8. The first-order valence-electron chi connectivity index (χ1n) is 6.63. The van der Waals surface area contributed by atoms with Gasteiger partial charge in [0.25, 0.3) is 0 Å². The Morgan fingerprint density at radius 2 is 2.14 bits per heavy atom. The monoisotopic (exact) mass is 285 g/mol. The van der Waals surface area contributed by atoms with Gasteiger partial charge in [0, 0.05) is 12.0 Å². The predicted molar refractivity (Wildman–Crippen MR) is 76.1 cm³/mol. The maximum absolute atomic E-state index is 10.8. The van der Waals surface area contributed by atoms with E-state index in [0.717, 1.165) is 17.7 Å². The summed E-state index contributed by atoms with van der Waals surface area (Å²) in [5.41, 5.74) is 0.846. The molecule has 0 aliphatic carbocycles. The number of carbonyl (C=O) groups is 1. The number of rotatable bonds is 3. The van der Waals surface area contributed by atoms with E-state index in [1.54, 1.807) is 6.07 Å². The number of fused-ring (bicyclic) bond motifs is 1. The van der Waals surface area contributed by atoms with E-state index in [-0.39, 0.29) is 11.3 Å². The molecule has 0 atom stereocenters. The van der Waals surface area contributed by atoms with Gasteiger partial charge in [-0.3, -0.25) is 0 Å². The van der Waals surface area contributed by atoms with E-state index in [4.69, 9.17) is 14.6 Å². The molecule has 0 fully saturated rings. The first kappa shape index (κ1) is 13.4. The van der Waals surface area contributed by atoms with Gasteiger partial charge in [-0.1, -0.05) is 12.1 Å². The van der Waals surface area contributed by atoms with Gasteiger partial charge in [0.2, 0.25) is 0 Å². The fourth-order valence-corrected chi connectivity index (χ4v) is 2.36. The number of hydrogen-bond acceptors (Lipinski definition) is 4. The van der Waals surface area contributed by atoms with Gasteiger partial charge in [0.1, 0.15) is 17.0 Å². The van der Waals surface area contributed by atoms with Crippen molar-refractivity contribution in [2.75, 3.05) is 0 Å². The van der Waals surface area contributed by atoms with Gasteiger partial charge in [-0.25, -0.2) is 9.78 Å². The van der Waals surface area contributed by atoms with Crippen LogP contribution in [-0.2, 0) is 6.42 Å². The third-order valence-electron chi connectivity index (χ3n) is 3.24. The van der Waals surface area contributed by atoms with Crippen LogP contribution in [0.3, 0.4) is 0 Å². The molecule has 0 unspecified atom stereocenters. The second-order valence-electron chi connectivity index (χ2n) is 5.57. The molecular weight excluding hydrogens is 270 g/mol. The molecule has 2 aromatic rings. The van der Waals surface area contributed by atoms with Gasteiger partial charge in [-0.15, -0.1) is 0 Å². The zero-order valence-electron chi connectivity index (χ0n) is 11.8. The molecule has 3 rings (SSSR count). The van der Waals surface area contributed by atoms with Gasteiger partial charge < -0.3 is 14.6 Å². The molecule has 0 radical (unpaired) electrons. The molecule has 1 aliphatic rings. The normalized spacial score (nSPS) is 15.1. The van der Waals surface area contributed by atoms with E-state index in [9.17, 15) is 4.79 Å². The fourth-order valence-electron chi connectivity index (χ4n) is 2.36. The van der Waals surface area contributed by atoms with E-state index in [2.05, 4.69) is 4.98 Å². The van der Waals surface area contributed by atoms with E-state index in [0.29, 0.717) is 11.5 Å². The molecule has 0 bridgehead atoms. The predicted octanol–water partition coefficient (Wildman–Crippen LogP) is 3.29. The Hall–Kier alpha value is -2.56.